The first-order valence-electron chi connectivity index (χ1n) is 7.92. The van der Waals surface area contributed by atoms with Crippen molar-refractivity contribution in [2.24, 2.45) is 5.92 Å². The standard InChI is InChI=1S/C16H28O4Si/c1-11(17)13-14(18)19-16(13)10-8-7-9-12(16)20-21(5,6)15(2,3)4/h12-13H,7-10H2,1-6H3/t12-,13?,16+/m1/s1. The maximum absolute atomic E-state index is 11.9. The lowest BCUT2D eigenvalue weighted by atomic mass is 9.68. The van der Waals surface area contributed by atoms with Gasteiger partial charge in [-0.15, -0.1) is 0 Å². The molecule has 0 bridgehead atoms. The van der Waals surface area contributed by atoms with Crippen molar-refractivity contribution in [2.75, 3.05) is 0 Å². The third-order valence-corrected chi connectivity index (χ3v) is 9.98. The third-order valence-electron chi connectivity index (χ3n) is 5.49. The number of Topliss-reactive ketones (excluding diaryl/α,β-unsaturated/α-hetero) is 1. The Balaban J connectivity index is 2.25. The minimum Gasteiger partial charge on any atom is -0.454 e. The van der Waals surface area contributed by atoms with Crippen molar-refractivity contribution in [3.8, 4) is 0 Å². The highest BCUT2D eigenvalue weighted by atomic mass is 28.4. The van der Waals surface area contributed by atoms with Crippen molar-refractivity contribution in [2.45, 2.75) is 83.2 Å². The average Bonchev–Trinajstić information content (AvgIpc) is 2.28. The van der Waals surface area contributed by atoms with E-state index in [-0.39, 0.29) is 22.9 Å². The summed E-state index contributed by atoms with van der Waals surface area (Å²) in [5.74, 6) is -1.07. The highest BCUT2D eigenvalue weighted by Gasteiger charge is 2.64. The summed E-state index contributed by atoms with van der Waals surface area (Å²) in [7, 11) is -1.95. The quantitative estimate of drug-likeness (QED) is 0.455. The number of carbonyl (C=O) groups is 2. The van der Waals surface area contributed by atoms with Crippen molar-refractivity contribution in [3.63, 3.8) is 0 Å². The molecule has 1 aliphatic heterocycles. The van der Waals surface area contributed by atoms with Crippen molar-refractivity contribution in [1.29, 1.82) is 0 Å². The van der Waals surface area contributed by atoms with E-state index in [1.807, 2.05) is 0 Å². The summed E-state index contributed by atoms with van der Waals surface area (Å²) >= 11 is 0. The molecule has 1 aliphatic carbocycles. The predicted octanol–water partition coefficient (Wildman–Crippen LogP) is 3.45. The molecule has 1 unspecified atom stereocenters. The van der Waals surface area contributed by atoms with Gasteiger partial charge in [-0.3, -0.25) is 9.59 Å². The monoisotopic (exact) mass is 312 g/mol. The van der Waals surface area contributed by atoms with E-state index in [4.69, 9.17) is 9.16 Å². The summed E-state index contributed by atoms with van der Waals surface area (Å²) in [6.07, 6.45) is 3.57. The fourth-order valence-electron chi connectivity index (χ4n) is 3.23. The lowest BCUT2D eigenvalue weighted by Crippen LogP contribution is -2.69. The lowest BCUT2D eigenvalue weighted by Gasteiger charge is -2.55. The smallest absolute Gasteiger partial charge is 0.321 e. The van der Waals surface area contributed by atoms with Crippen LogP contribution in [0, 0.1) is 5.92 Å². The molecule has 0 N–H and O–H groups in total. The van der Waals surface area contributed by atoms with E-state index in [9.17, 15) is 9.59 Å². The SMILES string of the molecule is CC(=O)C1C(=O)O[C@]12CCCC[C@H]2O[Si](C)(C)C(C)(C)C. The number of ether oxygens (including phenoxy) is 1. The fraction of sp³-hybridized carbons (Fsp3) is 0.875. The average molecular weight is 312 g/mol. The van der Waals surface area contributed by atoms with Crippen LogP contribution in [0.2, 0.25) is 18.1 Å². The van der Waals surface area contributed by atoms with E-state index >= 15 is 0 Å². The van der Waals surface area contributed by atoms with Gasteiger partial charge in [-0.2, -0.15) is 0 Å². The topological polar surface area (TPSA) is 52.6 Å². The van der Waals surface area contributed by atoms with Gasteiger partial charge in [0.1, 0.15) is 5.78 Å². The molecule has 1 saturated carbocycles. The second-order valence-electron chi connectivity index (χ2n) is 8.03. The van der Waals surface area contributed by atoms with Crippen LogP contribution in [0.25, 0.3) is 0 Å². The molecule has 0 radical (unpaired) electrons. The van der Waals surface area contributed by atoms with E-state index in [2.05, 4.69) is 33.9 Å². The molecule has 5 heteroatoms. The van der Waals surface area contributed by atoms with Gasteiger partial charge in [0.05, 0.1) is 6.10 Å². The summed E-state index contributed by atoms with van der Waals surface area (Å²) in [5, 5.41) is 0.102. The molecule has 0 aromatic heterocycles. The van der Waals surface area contributed by atoms with Crippen LogP contribution < -0.4 is 0 Å². The molecule has 1 saturated heterocycles. The van der Waals surface area contributed by atoms with Crippen LogP contribution in [0.5, 0.6) is 0 Å². The molecule has 1 heterocycles. The molecule has 2 rings (SSSR count). The molecule has 120 valence electrons. The maximum atomic E-state index is 11.9. The number of carbonyl (C=O) groups excluding carboxylic acids is 2. The van der Waals surface area contributed by atoms with Crippen molar-refractivity contribution in [1.82, 2.24) is 0 Å². The van der Waals surface area contributed by atoms with E-state index in [0.29, 0.717) is 0 Å². The first-order valence-corrected chi connectivity index (χ1v) is 10.8. The Bertz CT molecular complexity index is 444. The van der Waals surface area contributed by atoms with Crippen LogP contribution >= 0.6 is 0 Å². The number of hydrogen-bond acceptors (Lipinski definition) is 4. The summed E-state index contributed by atoms with van der Waals surface area (Å²) in [6, 6.07) is 0. The second kappa shape index (κ2) is 5.20. The predicted molar refractivity (Wildman–Crippen MR) is 83.5 cm³/mol. The molecular formula is C16H28O4Si. The van der Waals surface area contributed by atoms with E-state index in [1.165, 1.54) is 6.92 Å². The number of rotatable bonds is 3. The van der Waals surface area contributed by atoms with Gasteiger partial charge in [-0.1, -0.05) is 27.2 Å². The van der Waals surface area contributed by atoms with Crippen LogP contribution in [0.15, 0.2) is 0 Å². The Labute approximate surface area is 128 Å². The van der Waals surface area contributed by atoms with Gasteiger partial charge >= 0.3 is 5.97 Å². The minimum atomic E-state index is -1.95. The van der Waals surface area contributed by atoms with Gasteiger partial charge in [0, 0.05) is 0 Å². The largest absolute Gasteiger partial charge is 0.454 e. The molecule has 2 fully saturated rings. The fourth-order valence-corrected chi connectivity index (χ4v) is 4.61. The van der Waals surface area contributed by atoms with E-state index in [0.717, 1.165) is 25.7 Å². The zero-order valence-electron chi connectivity index (χ0n) is 14.1. The van der Waals surface area contributed by atoms with E-state index < -0.39 is 19.8 Å². The summed E-state index contributed by atoms with van der Waals surface area (Å²) < 4.78 is 12.1. The Morgan fingerprint density at radius 1 is 1.33 bits per heavy atom. The van der Waals surface area contributed by atoms with Crippen molar-refractivity contribution >= 4 is 20.1 Å². The molecule has 3 atom stereocenters. The molecule has 0 aromatic rings. The Morgan fingerprint density at radius 2 is 1.95 bits per heavy atom. The summed E-state index contributed by atoms with van der Waals surface area (Å²) in [5.41, 5.74) is -0.684. The van der Waals surface area contributed by atoms with Gasteiger partial charge in [-0.05, 0) is 44.3 Å². The Kier molecular flexibility index (Phi) is 4.13. The Morgan fingerprint density at radius 3 is 2.43 bits per heavy atom. The van der Waals surface area contributed by atoms with E-state index in [1.54, 1.807) is 0 Å². The number of ketones is 1. The van der Waals surface area contributed by atoms with Crippen LogP contribution in [0.3, 0.4) is 0 Å². The summed E-state index contributed by atoms with van der Waals surface area (Å²) in [6.45, 7) is 12.5. The molecule has 4 nitrogen and oxygen atoms in total. The molecule has 1 spiro atoms. The highest BCUT2D eigenvalue weighted by Crippen LogP contribution is 2.50. The molecular weight excluding hydrogens is 284 g/mol. The van der Waals surface area contributed by atoms with Gasteiger partial charge in [0.15, 0.2) is 19.8 Å². The molecule has 0 aromatic carbocycles. The van der Waals surface area contributed by atoms with Crippen LogP contribution in [0.1, 0.15) is 53.4 Å². The van der Waals surface area contributed by atoms with Crippen LogP contribution in [-0.2, 0) is 18.8 Å². The summed E-state index contributed by atoms with van der Waals surface area (Å²) in [4.78, 5) is 23.6. The van der Waals surface area contributed by atoms with Gasteiger partial charge < -0.3 is 9.16 Å². The minimum absolute atomic E-state index is 0.0861. The van der Waals surface area contributed by atoms with Gasteiger partial charge in [0.2, 0.25) is 0 Å². The molecule has 21 heavy (non-hydrogen) atoms. The first kappa shape index (κ1) is 16.7. The maximum Gasteiger partial charge on any atom is 0.321 e. The van der Waals surface area contributed by atoms with Crippen molar-refractivity contribution < 1.29 is 18.8 Å². The van der Waals surface area contributed by atoms with Crippen molar-refractivity contribution in [3.05, 3.63) is 0 Å². The Hall–Kier alpha value is -0.683. The highest BCUT2D eigenvalue weighted by molar-refractivity contribution is 6.74. The van der Waals surface area contributed by atoms with Crippen LogP contribution in [-0.4, -0.2) is 31.8 Å². The third kappa shape index (κ3) is 2.70. The van der Waals surface area contributed by atoms with Gasteiger partial charge in [0.25, 0.3) is 0 Å². The normalized spacial score (nSPS) is 33.5. The number of esters is 1. The first-order chi connectivity index (χ1) is 9.51. The molecule has 2 aliphatic rings. The zero-order valence-corrected chi connectivity index (χ0v) is 15.1. The second-order valence-corrected chi connectivity index (χ2v) is 12.8. The van der Waals surface area contributed by atoms with Crippen LogP contribution in [0.4, 0.5) is 0 Å². The zero-order chi connectivity index (χ0) is 16.1. The van der Waals surface area contributed by atoms with Gasteiger partial charge in [-0.25, -0.2) is 0 Å². The number of hydrogen-bond donors (Lipinski definition) is 0. The molecule has 0 amide bonds. The lowest BCUT2D eigenvalue weighted by molar-refractivity contribution is -0.239.